The van der Waals surface area contributed by atoms with E-state index in [1.165, 1.54) is 0 Å². The molecule has 0 spiro atoms. The van der Waals surface area contributed by atoms with Crippen LogP contribution in [0.1, 0.15) is 30.9 Å². The Hall–Kier alpha value is -1.02. The minimum Gasteiger partial charge on any atom is -0.508 e. The van der Waals surface area contributed by atoms with E-state index < -0.39 is 0 Å². The summed E-state index contributed by atoms with van der Waals surface area (Å²) < 4.78 is 0. The Bertz CT molecular complexity index is 371. The molecule has 1 aliphatic carbocycles. The van der Waals surface area contributed by atoms with Gasteiger partial charge in [-0.25, -0.2) is 0 Å². The predicted octanol–water partition coefficient (Wildman–Crippen LogP) is 2.15. The van der Waals surface area contributed by atoms with Crippen LogP contribution in [0.25, 0.3) is 0 Å². The average molecular weight is 191 g/mol. The Kier molecular flexibility index (Phi) is 1.86. The topological polar surface area (TPSA) is 46.2 Å². The van der Waals surface area contributed by atoms with Crippen LogP contribution in [-0.4, -0.2) is 11.1 Å². The molecule has 3 N–H and O–H groups in total. The van der Waals surface area contributed by atoms with Crippen LogP contribution >= 0.6 is 0 Å². The lowest BCUT2D eigenvalue weighted by Gasteiger charge is -2.06. The monoisotopic (exact) mass is 191 g/mol. The highest BCUT2D eigenvalue weighted by Crippen LogP contribution is 2.58. The third-order valence-corrected chi connectivity index (χ3v) is 3.43. The van der Waals surface area contributed by atoms with Crippen LogP contribution < -0.4 is 5.73 Å². The molecule has 0 aliphatic heterocycles. The van der Waals surface area contributed by atoms with Crippen molar-refractivity contribution in [1.82, 2.24) is 0 Å². The molecular formula is C12H17NO. The molecule has 2 rings (SSSR count). The van der Waals surface area contributed by atoms with Crippen molar-refractivity contribution in [3.63, 3.8) is 0 Å². The Labute approximate surface area is 84.7 Å². The van der Waals surface area contributed by atoms with Crippen molar-refractivity contribution in [3.05, 3.63) is 29.3 Å². The van der Waals surface area contributed by atoms with Crippen LogP contribution in [0.2, 0.25) is 0 Å². The molecular weight excluding hydrogens is 174 g/mol. The number of hydrogen-bond acceptors (Lipinski definition) is 2. The molecule has 1 aromatic carbocycles. The largest absolute Gasteiger partial charge is 0.508 e. The highest BCUT2D eigenvalue weighted by molar-refractivity contribution is 5.45. The molecule has 14 heavy (non-hydrogen) atoms. The molecule has 0 aromatic heterocycles. The molecule has 0 amide bonds. The third kappa shape index (κ3) is 1.22. The molecule has 76 valence electrons. The predicted molar refractivity (Wildman–Crippen MR) is 57.3 cm³/mol. The Balaban J connectivity index is 2.36. The molecule has 0 bridgehead atoms. The molecule has 1 saturated carbocycles. The van der Waals surface area contributed by atoms with Crippen molar-refractivity contribution in [1.29, 1.82) is 0 Å². The molecule has 0 radical (unpaired) electrons. The van der Waals surface area contributed by atoms with Crippen LogP contribution in [0.15, 0.2) is 18.2 Å². The average Bonchev–Trinajstić information content (AvgIpc) is 2.54. The summed E-state index contributed by atoms with van der Waals surface area (Å²) in [7, 11) is 0. The van der Waals surface area contributed by atoms with Crippen LogP contribution in [0.3, 0.4) is 0 Å². The lowest BCUT2D eigenvalue weighted by atomic mass is 10.0. The van der Waals surface area contributed by atoms with E-state index in [1.54, 1.807) is 6.07 Å². The molecule has 0 unspecified atom stereocenters. The Morgan fingerprint density at radius 1 is 1.36 bits per heavy atom. The van der Waals surface area contributed by atoms with Crippen molar-refractivity contribution in [3.8, 4) is 5.75 Å². The number of phenols is 1. The van der Waals surface area contributed by atoms with Gasteiger partial charge >= 0.3 is 0 Å². The normalized spacial score (nSPS) is 28.9. The molecule has 2 atom stereocenters. The Morgan fingerprint density at radius 2 is 1.93 bits per heavy atom. The summed E-state index contributed by atoms with van der Waals surface area (Å²) in [6, 6.07) is 5.99. The van der Waals surface area contributed by atoms with Gasteiger partial charge in [-0.05, 0) is 29.5 Å². The van der Waals surface area contributed by atoms with Gasteiger partial charge in [-0.15, -0.1) is 0 Å². The molecule has 1 aliphatic rings. The lowest BCUT2D eigenvalue weighted by molar-refractivity contribution is 0.464. The fourth-order valence-corrected chi connectivity index (χ4v) is 2.19. The summed E-state index contributed by atoms with van der Waals surface area (Å²) in [6.45, 7) is 6.25. The first-order valence-corrected chi connectivity index (χ1v) is 4.99. The van der Waals surface area contributed by atoms with Gasteiger partial charge in [-0.3, -0.25) is 0 Å². The highest BCUT2D eigenvalue weighted by Gasteiger charge is 2.56. The minimum atomic E-state index is 0.132. The first kappa shape index (κ1) is 9.53. The standard InChI is InChI=1S/C12H17NO/c1-7-4-5-8(9(14)6-7)10-11(13)12(10,2)3/h4-6,10-11,14H,13H2,1-3H3/t10-,11-/m1/s1. The zero-order valence-electron chi connectivity index (χ0n) is 8.91. The van der Waals surface area contributed by atoms with E-state index in [-0.39, 0.29) is 11.5 Å². The van der Waals surface area contributed by atoms with Gasteiger partial charge in [0, 0.05) is 12.0 Å². The fourth-order valence-electron chi connectivity index (χ4n) is 2.19. The first-order valence-electron chi connectivity index (χ1n) is 4.99. The Morgan fingerprint density at radius 3 is 2.36 bits per heavy atom. The van der Waals surface area contributed by atoms with Crippen LogP contribution in [-0.2, 0) is 0 Å². The van der Waals surface area contributed by atoms with Gasteiger partial charge in [-0.1, -0.05) is 26.0 Å². The number of hydrogen-bond donors (Lipinski definition) is 2. The summed E-state index contributed by atoms with van der Waals surface area (Å²) in [5.74, 6) is 0.694. The minimum absolute atomic E-state index is 0.132. The van der Waals surface area contributed by atoms with Crippen molar-refractivity contribution in [2.45, 2.75) is 32.7 Å². The lowest BCUT2D eigenvalue weighted by Crippen LogP contribution is -2.06. The van der Waals surface area contributed by atoms with Gasteiger partial charge in [-0.2, -0.15) is 0 Å². The molecule has 0 saturated heterocycles. The summed E-state index contributed by atoms with van der Waals surface area (Å²) >= 11 is 0. The summed E-state index contributed by atoms with van der Waals surface area (Å²) in [6.07, 6.45) is 0. The zero-order chi connectivity index (χ0) is 10.5. The second-order valence-electron chi connectivity index (χ2n) is 4.89. The highest BCUT2D eigenvalue weighted by atomic mass is 16.3. The molecule has 1 aromatic rings. The van der Waals surface area contributed by atoms with Crippen molar-refractivity contribution in [2.75, 3.05) is 0 Å². The molecule has 1 fully saturated rings. The second kappa shape index (κ2) is 2.74. The zero-order valence-corrected chi connectivity index (χ0v) is 8.91. The maximum atomic E-state index is 9.80. The summed E-state index contributed by atoms with van der Waals surface area (Å²) in [5, 5.41) is 9.80. The number of phenolic OH excluding ortho intramolecular Hbond substituents is 1. The van der Waals surface area contributed by atoms with Gasteiger partial charge in [0.2, 0.25) is 0 Å². The van der Waals surface area contributed by atoms with E-state index in [4.69, 9.17) is 5.73 Å². The van der Waals surface area contributed by atoms with Crippen molar-refractivity contribution in [2.24, 2.45) is 11.1 Å². The number of nitrogens with two attached hydrogens (primary N) is 1. The van der Waals surface area contributed by atoms with Crippen LogP contribution in [0.5, 0.6) is 5.75 Å². The maximum Gasteiger partial charge on any atom is 0.119 e. The number of aromatic hydroxyl groups is 1. The quantitative estimate of drug-likeness (QED) is 0.714. The fraction of sp³-hybridized carbons (Fsp3) is 0.500. The molecule has 2 heteroatoms. The maximum absolute atomic E-state index is 9.80. The number of benzene rings is 1. The number of aryl methyl sites for hydroxylation is 1. The van der Waals surface area contributed by atoms with Gasteiger partial charge in [0.05, 0.1) is 0 Å². The van der Waals surface area contributed by atoms with Gasteiger partial charge in [0.15, 0.2) is 0 Å². The third-order valence-electron chi connectivity index (χ3n) is 3.43. The van der Waals surface area contributed by atoms with Crippen molar-refractivity contribution < 1.29 is 5.11 Å². The SMILES string of the molecule is Cc1ccc([C@@H]2[C@@H](N)C2(C)C)c(O)c1. The van der Waals surface area contributed by atoms with Crippen molar-refractivity contribution >= 4 is 0 Å². The van der Waals surface area contributed by atoms with E-state index in [1.807, 2.05) is 19.1 Å². The van der Waals surface area contributed by atoms with E-state index in [0.29, 0.717) is 11.7 Å². The van der Waals surface area contributed by atoms with E-state index in [2.05, 4.69) is 13.8 Å². The van der Waals surface area contributed by atoms with Gasteiger partial charge < -0.3 is 10.8 Å². The van der Waals surface area contributed by atoms with E-state index in [9.17, 15) is 5.11 Å². The first-order chi connectivity index (χ1) is 6.44. The second-order valence-corrected chi connectivity index (χ2v) is 4.89. The van der Waals surface area contributed by atoms with Gasteiger partial charge in [0.25, 0.3) is 0 Å². The number of rotatable bonds is 1. The molecule has 0 heterocycles. The van der Waals surface area contributed by atoms with Crippen LogP contribution in [0, 0.1) is 12.3 Å². The smallest absolute Gasteiger partial charge is 0.119 e. The summed E-state index contributed by atoms with van der Waals surface area (Å²) in [4.78, 5) is 0. The molecule has 2 nitrogen and oxygen atoms in total. The van der Waals surface area contributed by atoms with Gasteiger partial charge in [0.1, 0.15) is 5.75 Å². The van der Waals surface area contributed by atoms with E-state index >= 15 is 0 Å². The van der Waals surface area contributed by atoms with Crippen LogP contribution in [0.4, 0.5) is 0 Å². The van der Waals surface area contributed by atoms with E-state index in [0.717, 1.165) is 11.1 Å². The summed E-state index contributed by atoms with van der Waals surface area (Å²) in [5.41, 5.74) is 8.18.